The monoisotopic (exact) mass is 475 g/mol. The van der Waals surface area contributed by atoms with Crippen LogP contribution in [0.3, 0.4) is 0 Å². The van der Waals surface area contributed by atoms with Crippen LogP contribution >= 0.6 is 0 Å². The molecule has 0 aromatic heterocycles. The van der Waals surface area contributed by atoms with E-state index in [2.05, 4.69) is 27.1 Å². The number of carbonyl (C=O) groups is 2. The lowest BCUT2D eigenvalue weighted by Gasteiger charge is -2.15. The molecule has 174 valence electrons. The molecule has 0 saturated carbocycles. The molecule has 1 amide bonds. The number of aliphatic hydroxyl groups is 1. The Morgan fingerprint density at radius 3 is 2.35 bits per heavy atom. The van der Waals surface area contributed by atoms with Gasteiger partial charge in [-0.05, 0) is 41.8 Å². The van der Waals surface area contributed by atoms with Gasteiger partial charge in [0.2, 0.25) is 0 Å². The largest absolute Gasteiger partial charge is 0.396 e. The van der Waals surface area contributed by atoms with E-state index in [-0.39, 0.29) is 24.7 Å². The van der Waals surface area contributed by atoms with Crippen LogP contribution < -0.4 is 5.32 Å². The highest BCUT2D eigenvalue weighted by atomic mass is 32.2. The predicted molar refractivity (Wildman–Crippen MR) is 132 cm³/mol. The molecule has 8 heteroatoms. The maximum absolute atomic E-state index is 11.9. The quantitative estimate of drug-likeness (QED) is 0.469. The highest BCUT2D eigenvalue weighted by Crippen LogP contribution is 2.21. The Balaban J connectivity index is 1.34. The van der Waals surface area contributed by atoms with Crippen molar-refractivity contribution in [2.75, 3.05) is 18.1 Å². The molecular formula is C26H25N3O4S. The smallest absolute Gasteiger partial charge is 0.320 e. The van der Waals surface area contributed by atoms with Crippen LogP contribution in [0.4, 0.5) is 0 Å². The van der Waals surface area contributed by atoms with E-state index in [0.29, 0.717) is 6.04 Å². The highest BCUT2D eigenvalue weighted by molar-refractivity contribution is 7.85. The lowest BCUT2D eigenvalue weighted by molar-refractivity contribution is -0.132. The highest BCUT2D eigenvalue weighted by Gasteiger charge is 2.25. The summed E-state index contributed by atoms with van der Waals surface area (Å²) in [6, 6.07) is 15.8. The first-order valence-electron chi connectivity index (χ1n) is 11.1. The molecule has 2 heterocycles. The van der Waals surface area contributed by atoms with Crippen LogP contribution in [-0.4, -0.2) is 57.2 Å². The number of benzene rings is 2. The van der Waals surface area contributed by atoms with Gasteiger partial charge in [0.25, 0.3) is 5.78 Å². The fraction of sp³-hybridized carbons (Fsp3) is 0.308. The molecule has 2 aliphatic rings. The van der Waals surface area contributed by atoms with Gasteiger partial charge in [-0.2, -0.15) is 4.99 Å². The summed E-state index contributed by atoms with van der Waals surface area (Å²) in [6.07, 6.45) is 2.21. The molecule has 7 nitrogen and oxygen atoms in total. The average Bonchev–Trinajstić information content (AvgIpc) is 3.28. The molecule has 2 aromatic rings. The van der Waals surface area contributed by atoms with Gasteiger partial charge in [-0.15, -0.1) is 0 Å². The molecule has 1 saturated heterocycles. The number of hydrogen-bond acceptors (Lipinski definition) is 6. The third-order valence-corrected chi connectivity index (χ3v) is 7.33. The van der Waals surface area contributed by atoms with Crippen LogP contribution in [0.25, 0.3) is 0 Å². The molecule has 0 aliphatic carbocycles. The van der Waals surface area contributed by atoms with Crippen LogP contribution in [-0.2, 0) is 26.9 Å². The van der Waals surface area contributed by atoms with Gasteiger partial charge < -0.3 is 10.4 Å². The van der Waals surface area contributed by atoms with Crippen molar-refractivity contribution in [3.8, 4) is 11.8 Å². The minimum Gasteiger partial charge on any atom is -0.396 e. The molecule has 2 aliphatic heterocycles. The zero-order valence-corrected chi connectivity index (χ0v) is 19.4. The van der Waals surface area contributed by atoms with Crippen LogP contribution in [0.1, 0.15) is 41.0 Å². The number of amides is 1. The van der Waals surface area contributed by atoms with E-state index < -0.39 is 22.5 Å². The van der Waals surface area contributed by atoms with Crippen molar-refractivity contribution in [2.45, 2.75) is 31.3 Å². The first kappa shape index (κ1) is 23.9. The van der Waals surface area contributed by atoms with E-state index in [1.54, 1.807) is 0 Å². The van der Waals surface area contributed by atoms with Gasteiger partial charge in [0, 0.05) is 58.4 Å². The summed E-state index contributed by atoms with van der Waals surface area (Å²) < 4.78 is 11.5. The van der Waals surface area contributed by atoms with E-state index >= 15 is 0 Å². The summed E-state index contributed by atoms with van der Waals surface area (Å²) in [5.74, 6) is 5.92. The zero-order chi connectivity index (χ0) is 23.9. The predicted octanol–water partition coefficient (Wildman–Crippen LogP) is 1.74. The van der Waals surface area contributed by atoms with Crippen molar-refractivity contribution in [1.82, 2.24) is 5.32 Å². The van der Waals surface area contributed by atoms with Crippen molar-refractivity contribution in [3.05, 3.63) is 70.8 Å². The molecular weight excluding hydrogens is 450 g/mol. The van der Waals surface area contributed by atoms with Crippen molar-refractivity contribution >= 4 is 34.5 Å². The summed E-state index contributed by atoms with van der Waals surface area (Å²) >= 11 is 0. The number of aliphatic imine (C=N–C) groups is 2. The number of carbonyl (C=O) groups excluding carboxylic acids is 2. The van der Waals surface area contributed by atoms with Gasteiger partial charge in [0.15, 0.2) is 0 Å². The van der Waals surface area contributed by atoms with Gasteiger partial charge in [0.1, 0.15) is 6.34 Å². The molecule has 34 heavy (non-hydrogen) atoms. The SMILES string of the molecule is O=C1N=CN=C(CC(CO)c2ccc(C#Cc3ccc(CNC4CCS(=O)C4)cc3)cc2)C1=O. The Kier molecular flexibility index (Phi) is 7.91. The summed E-state index contributed by atoms with van der Waals surface area (Å²) in [6.45, 7) is 0.574. The molecule has 2 aromatic carbocycles. The number of aliphatic hydroxyl groups excluding tert-OH is 1. The normalized spacial score (nSPS) is 20.6. The Bertz CT molecular complexity index is 1210. The first-order chi connectivity index (χ1) is 16.5. The van der Waals surface area contributed by atoms with Crippen LogP contribution in [0, 0.1) is 11.8 Å². The maximum atomic E-state index is 11.9. The lowest BCUT2D eigenvalue weighted by atomic mass is 9.92. The lowest BCUT2D eigenvalue weighted by Crippen LogP contribution is -2.28. The second kappa shape index (κ2) is 11.3. The van der Waals surface area contributed by atoms with Gasteiger partial charge in [0.05, 0.1) is 12.3 Å². The fourth-order valence-electron chi connectivity index (χ4n) is 3.84. The Hall–Kier alpha value is -3.25. The number of ketones is 1. The number of Topliss-reactive ketones (excluding diaryl/α,β-unsaturated/α-hetero) is 1. The van der Waals surface area contributed by atoms with Gasteiger partial charge >= 0.3 is 5.91 Å². The molecule has 3 unspecified atom stereocenters. The fourth-order valence-corrected chi connectivity index (χ4v) is 5.28. The minimum absolute atomic E-state index is 0.111. The van der Waals surface area contributed by atoms with E-state index in [1.807, 2.05) is 48.5 Å². The van der Waals surface area contributed by atoms with Crippen LogP contribution in [0.5, 0.6) is 0 Å². The third-order valence-electron chi connectivity index (χ3n) is 5.87. The molecule has 4 rings (SSSR count). The van der Waals surface area contributed by atoms with Crippen LogP contribution in [0.2, 0.25) is 0 Å². The molecule has 1 fully saturated rings. The second-order valence-corrected chi connectivity index (χ2v) is 9.91. The number of hydrogen-bond donors (Lipinski definition) is 2. The average molecular weight is 476 g/mol. The summed E-state index contributed by atoms with van der Waals surface area (Å²) in [5.41, 5.74) is 3.84. The Morgan fingerprint density at radius 1 is 1.06 bits per heavy atom. The van der Waals surface area contributed by atoms with E-state index in [1.165, 1.54) is 0 Å². The maximum Gasteiger partial charge on any atom is 0.320 e. The number of nitrogens with one attached hydrogen (secondary N) is 1. The van der Waals surface area contributed by atoms with E-state index in [4.69, 9.17) is 0 Å². The second-order valence-electron chi connectivity index (χ2n) is 8.28. The van der Waals surface area contributed by atoms with Crippen molar-refractivity contribution in [3.63, 3.8) is 0 Å². The zero-order valence-electron chi connectivity index (χ0n) is 18.6. The molecule has 0 bridgehead atoms. The van der Waals surface area contributed by atoms with Crippen molar-refractivity contribution < 1.29 is 18.9 Å². The van der Waals surface area contributed by atoms with E-state index in [9.17, 15) is 18.9 Å². The van der Waals surface area contributed by atoms with Crippen molar-refractivity contribution in [2.24, 2.45) is 9.98 Å². The number of nitrogens with zero attached hydrogens (tertiary/aromatic N) is 2. The van der Waals surface area contributed by atoms with Gasteiger partial charge in [-0.1, -0.05) is 36.1 Å². The standard InChI is InChI=1S/C26H25N3O4S/c30-15-22(13-24-25(31)26(32)29-17-28-24)21-9-7-19(8-10-21)2-1-18-3-5-20(6-4-18)14-27-23-11-12-34(33)16-23/h3-10,17,22-23,27,30H,11-16H2. The van der Waals surface area contributed by atoms with Gasteiger partial charge in [-0.3, -0.25) is 13.8 Å². The molecule has 3 atom stereocenters. The summed E-state index contributed by atoms with van der Waals surface area (Å²) in [4.78, 5) is 30.6. The topological polar surface area (TPSA) is 108 Å². The molecule has 0 spiro atoms. The minimum atomic E-state index is -0.830. The van der Waals surface area contributed by atoms with Crippen molar-refractivity contribution in [1.29, 1.82) is 0 Å². The summed E-state index contributed by atoms with van der Waals surface area (Å²) in [5, 5.41) is 13.2. The summed E-state index contributed by atoms with van der Waals surface area (Å²) in [7, 11) is -0.674. The molecule has 2 N–H and O–H groups in total. The Morgan fingerprint density at radius 2 is 1.74 bits per heavy atom. The third kappa shape index (κ3) is 6.20. The molecule has 0 radical (unpaired) electrons. The van der Waals surface area contributed by atoms with E-state index in [0.717, 1.165) is 53.1 Å². The number of rotatable bonds is 7. The first-order valence-corrected chi connectivity index (χ1v) is 12.6. The van der Waals surface area contributed by atoms with Crippen LogP contribution in [0.15, 0.2) is 58.5 Å². The Labute approximate surface area is 200 Å². The van der Waals surface area contributed by atoms with Gasteiger partial charge in [-0.25, -0.2) is 4.99 Å².